The Morgan fingerprint density at radius 1 is 1.21 bits per heavy atom. The van der Waals surface area contributed by atoms with Crippen LogP contribution >= 0.6 is 22.9 Å². The molecule has 2 atom stereocenters. The van der Waals surface area contributed by atoms with E-state index in [0.29, 0.717) is 60.0 Å². The normalized spacial score (nSPS) is 19.0. The number of nitrogens with zero attached hydrogens (tertiary/aromatic N) is 5. The fourth-order valence-corrected chi connectivity index (χ4v) is 6.50. The minimum atomic E-state index is -0.255. The van der Waals surface area contributed by atoms with Crippen molar-refractivity contribution in [2.45, 2.75) is 38.5 Å². The molecule has 0 radical (unpaired) electrons. The van der Waals surface area contributed by atoms with Gasteiger partial charge in [-0.1, -0.05) is 35.1 Å². The molecule has 7 rings (SSSR count). The van der Waals surface area contributed by atoms with Crippen molar-refractivity contribution in [2.75, 3.05) is 13.2 Å². The molecule has 5 heterocycles. The topological polar surface area (TPSA) is 91.0 Å². The number of fused-ring (bicyclic) bond motifs is 3. The predicted molar refractivity (Wildman–Crippen MR) is 149 cm³/mol. The molecule has 0 aliphatic carbocycles. The summed E-state index contributed by atoms with van der Waals surface area (Å²) in [5.74, 6) is 1.25. The highest BCUT2D eigenvalue weighted by Gasteiger charge is 2.39. The number of thiazole rings is 1. The van der Waals surface area contributed by atoms with E-state index in [2.05, 4.69) is 4.98 Å². The van der Waals surface area contributed by atoms with Crippen molar-refractivity contribution in [1.82, 2.24) is 23.8 Å². The van der Waals surface area contributed by atoms with Crippen molar-refractivity contribution < 1.29 is 14.3 Å². The lowest BCUT2D eigenvalue weighted by atomic mass is 10.0. The summed E-state index contributed by atoms with van der Waals surface area (Å²) in [6.07, 6.45) is 6.67. The molecule has 0 bridgehead atoms. The van der Waals surface area contributed by atoms with E-state index in [9.17, 15) is 9.59 Å². The van der Waals surface area contributed by atoms with E-state index in [1.54, 1.807) is 27.0 Å². The molecule has 11 heteroatoms. The number of imidazole rings is 1. The van der Waals surface area contributed by atoms with Crippen molar-refractivity contribution in [2.24, 2.45) is 0 Å². The third-order valence-electron chi connectivity index (χ3n) is 7.45. The van der Waals surface area contributed by atoms with Gasteiger partial charge in [0.05, 0.1) is 28.4 Å². The number of halogens is 1. The summed E-state index contributed by atoms with van der Waals surface area (Å²) in [6.45, 7) is 3.19. The molecular weight excluding hydrogens is 538 g/mol. The van der Waals surface area contributed by atoms with Crippen molar-refractivity contribution >= 4 is 44.9 Å². The number of carbonyl (C=O) groups excluding carboxylic acids is 1. The number of benzene rings is 2. The fourth-order valence-electron chi connectivity index (χ4n) is 5.41. The monoisotopic (exact) mass is 561 g/mol. The second kappa shape index (κ2) is 9.39. The molecule has 2 fully saturated rings. The van der Waals surface area contributed by atoms with Crippen LogP contribution in [-0.2, 0) is 11.3 Å². The van der Waals surface area contributed by atoms with Gasteiger partial charge in [0.1, 0.15) is 24.3 Å². The maximum Gasteiger partial charge on any atom is 0.410 e. The molecular formula is C28H24ClN5O4S. The molecule has 5 aromatic rings. The quantitative estimate of drug-likeness (QED) is 0.295. The number of aryl methyl sites for hydroxylation is 1. The van der Waals surface area contributed by atoms with Crippen LogP contribution in [-0.4, -0.2) is 55.2 Å². The average molecular weight is 562 g/mol. The molecule has 0 N–H and O–H groups in total. The first-order chi connectivity index (χ1) is 18.9. The Morgan fingerprint density at radius 2 is 2.05 bits per heavy atom. The molecule has 0 unspecified atom stereocenters. The Morgan fingerprint density at radius 3 is 2.87 bits per heavy atom. The zero-order chi connectivity index (χ0) is 26.7. The first kappa shape index (κ1) is 24.2. The number of hydrogen-bond acceptors (Lipinski definition) is 7. The van der Waals surface area contributed by atoms with Crippen molar-refractivity contribution in [3.05, 3.63) is 81.8 Å². The molecule has 3 aromatic heterocycles. The zero-order valence-electron chi connectivity index (χ0n) is 21.0. The summed E-state index contributed by atoms with van der Waals surface area (Å²) in [5, 5.41) is 1.14. The number of hydrogen-bond donors (Lipinski definition) is 0. The second-order valence-electron chi connectivity index (χ2n) is 9.94. The number of cyclic esters (lactones) is 1. The van der Waals surface area contributed by atoms with Crippen LogP contribution in [0.5, 0.6) is 5.75 Å². The van der Waals surface area contributed by atoms with Gasteiger partial charge in [-0.05, 0) is 36.8 Å². The smallest absolute Gasteiger partial charge is 0.410 e. The minimum absolute atomic E-state index is 0.00566. The summed E-state index contributed by atoms with van der Waals surface area (Å²) in [6, 6.07) is 11.2. The zero-order valence-corrected chi connectivity index (χ0v) is 22.6. The van der Waals surface area contributed by atoms with Crippen LogP contribution in [0.1, 0.15) is 24.2 Å². The van der Waals surface area contributed by atoms with Gasteiger partial charge in [0.15, 0.2) is 4.96 Å². The van der Waals surface area contributed by atoms with Crippen LogP contribution in [0.2, 0.25) is 5.02 Å². The van der Waals surface area contributed by atoms with Crippen molar-refractivity contribution in [1.29, 1.82) is 0 Å². The Bertz CT molecular complexity index is 1770. The van der Waals surface area contributed by atoms with Gasteiger partial charge in [0.25, 0.3) is 5.56 Å². The van der Waals surface area contributed by atoms with E-state index >= 15 is 0 Å². The third-order valence-corrected chi connectivity index (χ3v) is 8.75. The lowest BCUT2D eigenvalue weighted by Crippen LogP contribution is -2.44. The number of amides is 1. The molecule has 2 aromatic carbocycles. The Balaban J connectivity index is 1.31. The summed E-state index contributed by atoms with van der Waals surface area (Å²) < 4.78 is 15.5. The van der Waals surface area contributed by atoms with Gasteiger partial charge >= 0.3 is 6.09 Å². The van der Waals surface area contributed by atoms with Crippen LogP contribution in [0.3, 0.4) is 0 Å². The SMILES string of the molecule is Cc1nc2cc(-c3cn4ccnc4s3)c(O[C@H]3CCN4C(=O)OC[C@@H]4C3)cc2c(=O)n1Cc1ccc(Cl)cc1. The molecule has 39 heavy (non-hydrogen) atoms. The van der Waals surface area contributed by atoms with Crippen LogP contribution in [0.4, 0.5) is 4.79 Å². The summed E-state index contributed by atoms with van der Waals surface area (Å²) >= 11 is 7.60. The first-order valence-corrected chi connectivity index (χ1v) is 13.9. The van der Waals surface area contributed by atoms with E-state index in [4.69, 9.17) is 26.1 Å². The highest BCUT2D eigenvalue weighted by atomic mass is 35.5. The summed E-state index contributed by atoms with van der Waals surface area (Å²) in [5.41, 5.74) is 2.30. The molecule has 0 saturated carbocycles. The van der Waals surface area contributed by atoms with Crippen LogP contribution in [0.15, 0.2) is 59.8 Å². The minimum Gasteiger partial charge on any atom is -0.490 e. The van der Waals surface area contributed by atoms with E-state index in [1.165, 1.54) is 0 Å². The highest BCUT2D eigenvalue weighted by molar-refractivity contribution is 7.20. The van der Waals surface area contributed by atoms with Crippen LogP contribution < -0.4 is 10.3 Å². The number of rotatable bonds is 5. The molecule has 2 aliphatic rings. The van der Waals surface area contributed by atoms with E-state index < -0.39 is 0 Å². The standard InChI is InChI=1S/C28H24ClN5O4S/c1-16-31-23-11-22(25-14-32-9-7-30-27(32)39-25)24(38-20-6-8-33-19(10-20)15-37-28(33)36)12-21(23)26(35)34(16)13-17-2-4-18(29)5-3-17/h2-5,7,9,11-12,14,19-20H,6,8,10,13,15H2,1H3/t19-,20-/m0/s1. The first-order valence-electron chi connectivity index (χ1n) is 12.8. The maximum atomic E-state index is 13.8. The van der Waals surface area contributed by atoms with Gasteiger partial charge in [-0.2, -0.15) is 0 Å². The number of carbonyl (C=O) groups is 1. The summed E-state index contributed by atoms with van der Waals surface area (Å²) in [7, 11) is 0. The summed E-state index contributed by atoms with van der Waals surface area (Å²) in [4.78, 5) is 38.6. The molecule has 2 saturated heterocycles. The predicted octanol–water partition coefficient (Wildman–Crippen LogP) is 5.14. The lowest BCUT2D eigenvalue weighted by molar-refractivity contribution is 0.0941. The van der Waals surface area contributed by atoms with E-state index in [0.717, 1.165) is 21.0 Å². The van der Waals surface area contributed by atoms with Gasteiger partial charge < -0.3 is 14.4 Å². The molecule has 2 aliphatic heterocycles. The highest BCUT2D eigenvalue weighted by Crippen LogP contribution is 2.39. The van der Waals surface area contributed by atoms with E-state index in [1.807, 2.05) is 60.1 Å². The van der Waals surface area contributed by atoms with Gasteiger partial charge in [0.2, 0.25) is 0 Å². The lowest BCUT2D eigenvalue weighted by Gasteiger charge is -2.33. The molecule has 1 amide bonds. The number of piperidine rings is 1. The average Bonchev–Trinajstić information content (AvgIpc) is 3.63. The van der Waals surface area contributed by atoms with Crippen LogP contribution in [0.25, 0.3) is 26.3 Å². The van der Waals surface area contributed by atoms with Gasteiger partial charge in [0, 0.05) is 48.6 Å². The fraction of sp³-hybridized carbons (Fsp3) is 0.286. The molecule has 9 nitrogen and oxygen atoms in total. The van der Waals surface area contributed by atoms with Gasteiger partial charge in [-0.25, -0.2) is 14.8 Å². The largest absolute Gasteiger partial charge is 0.490 e. The Kier molecular flexibility index (Phi) is 5.82. The molecule has 198 valence electrons. The Hall–Kier alpha value is -3.89. The second-order valence-corrected chi connectivity index (χ2v) is 11.4. The van der Waals surface area contributed by atoms with Gasteiger partial charge in [-0.15, -0.1) is 0 Å². The van der Waals surface area contributed by atoms with Crippen LogP contribution in [0, 0.1) is 6.92 Å². The van der Waals surface area contributed by atoms with Crippen molar-refractivity contribution in [3.63, 3.8) is 0 Å². The maximum absolute atomic E-state index is 13.8. The third kappa shape index (κ3) is 4.33. The number of ether oxygens (including phenoxy) is 2. The van der Waals surface area contributed by atoms with Gasteiger partial charge in [-0.3, -0.25) is 13.8 Å². The van der Waals surface area contributed by atoms with E-state index in [-0.39, 0.29) is 23.8 Å². The molecule has 0 spiro atoms. The number of aromatic nitrogens is 4. The Labute approximate surface area is 232 Å². The van der Waals surface area contributed by atoms with Crippen molar-refractivity contribution in [3.8, 4) is 16.2 Å².